The number of amides is 2. The monoisotopic (exact) mass is 270 g/mol. The van der Waals surface area contributed by atoms with Gasteiger partial charge in [-0.1, -0.05) is 13.8 Å². The summed E-state index contributed by atoms with van der Waals surface area (Å²) in [6.45, 7) is 10.5. The molecule has 0 spiro atoms. The van der Waals surface area contributed by atoms with Crippen molar-refractivity contribution in [1.29, 1.82) is 0 Å². The molecule has 2 amide bonds. The molecule has 0 aromatic rings. The molecule has 1 fully saturated rings. The van der Waals surface area contributed by atoms with Gasteiger partial charge in [0.05, 0.1) is 0 Å². The first kappa shape index (κ1) is 15.8. The Morgan fingerprint density at radius 1 is 1.32 bits per heavy atom. The minimum absolute atomic E-state index is 0.0306. The van der Waals surface area contributed by atoms with Gasteiger partial charge in [0.25, 0.3) is 0 Å². The van der Waals surface area contributed by atoms with Crippen LogP contribution in [0.15, 0.2) is 0 Å². The van der Waals surface area contributed by atoms with Crippen LogP contribution in [0.3, 0.4) is 0 Å². The van der Waals surface area contributed by atoms with Gasteiger partial charge in [-0.05, 0) is 33.6 Å². The van der Waals surface area contributed by atoms with Crippen molar-refractivity contribution in [2.75, 3.05) is 13.1 Å². The van der Waals surface area contributed by atoms with E-state index in [2.05, 4.69) is 5.32 Å². The lowest BCUT2D eigenvalue weighted by Gasteiger charge is -2.34. The zero-order valence-corrected chi connectivity index (χ0v) is 12.7. The molecular formula is C14H26N2O3. The zero-order chi connectivity index (χ0) is 14.6. The van der Waals surface area contributed by atoms with Crippen LogP contribution in [0.5, 0.6) is 0 Å². The van der Waals surface area contributed by atoms with Gasteiger partial charge in [-0.2, -0.15) is 0 Å². The van der Waals surface area contributed by atoms with Crippen LogP contribution in [-0.4, -0.2) is 41.6 Å². The van der Waals surface area contributed by atoms with Crippen LogP contribution in [0.25, 0.3) is 0 Å². The van der Waals surface area contributed by atoms with E-state index in [-0.39, 0.29) is 24.0 Å². The highest BCUT2D eigenvalue weighted by atomic mass is 16.6. The number of piperidine rings is 1. The number of hydrogen-bond donors (Lipinski definition) is 1. The Kier molecular flexibility index (Phi) is 5.20. The molecule has 0 saturated carbocycles. The van der Waals surface area contributed by atoms with Gasteiger partial charge in [-0.15, -0.1) is 0 Å². The number of ether oxygens (including phenoxy) is 1. The lowest BCUT2D eigenvalue weighted by atomic mass is 10.0. The summed E-state index contributed by atoms with van der Waals surface area (Å²) in [4.78, 5) is 25.3. The molecule has 0 radical (unpaired) electrons. The molecule has 0 aromatic carbocycles. The molecule has 5 heteroatoms. The molecule has 19 heavy (non-hydrogen) atoms. The summed E-state index contributed by atoms with van der Waals surface area (Å²) in [7, 11) is 0. The minimum atomic E-state index is -0.481. The van der Waals surface area contributed by atoms with Crippen molar-refractivity contribution in [3.8, 4) is 0 Å². The van der Waals surface area contributed by atoms with Gasteiger partial charge in [-0.25, -0.2) is 4.79 Å². The minimum Gasteiger partial charge on any atom is -0.444 e. The van der Waals surface area contributed by atoms with Crippen molar-refractivity contribution in [3.05, 3.63) is 0 Å². The molecule has 1 N–H and O–H groups in total. The van der Waals surface area contributed by atoms with Gasteiger partial charge in [0, 0.05) is 25.0 Å². The molecule has 0 unspecified atom stereocenters. The van der Waals surface area contributed by atoms with E-state index in [4.69, 9.17) is 4.74 Å². The molecule has 110 valence electrons. The quantitative estimate of drug-likeness (QED) is 0.836. The maximum atomic E-state index is 12.0. The molecule has 0 aromatic heterocycles. The van der Waals surface area contributed by atoms with Gasteiger partial charge >= 0.3 is 6.09 Å². The van der Waals surface area contributed by atoms with Crippen molar-refractivity contribution in [2.24, 2.45) is 5.92 Å². The predicted molar refractivity (Wildman–Crippen MR) is 73.8 cm³/mol. The first-order valence-electron chi connectivity index (χ1n) is 6.97. The van der Waals surface area contributed by atoms with Crippen LogP contribution < -0.4 is 5.32 Å². The molecular weight excluding hydrogens is 244 g/mol. The fraction of sp³-hybridized carbons (Fsp3) is 0.857. The average molecular weight is 270 g/mol. The summed E-state index contributed by atoms with van der Waals surface area (Å²) >= 11 is 0. The molecule has 0 aliphatic carbocycles. The number of nitrogens with one attached hydrogen (secondary N) is 1. The van der Waals surface area contributed by atoms with E-state index in [0.717, 1.165) is 12.8 Å². The van der Waals surface area contributed by atoms with Crippen LogP contribution >= 0.6 is 0 Å². The zero-order valence-electron chi connectivity index (χ0n) is 12.7. The number of carbonyl (C=O) groups excluding carboxylic acids is 2. The predicted octanol–water partition coefficient (Wildman–Crippen LogP) is 2.16. The van der Waals surface area contributed by atoms with E-state index < -0.39 is 5.60 Å². The van der Waals surface area contributed by atoms with E-state index in [1.165, 1.54) is 0 Å². The first-order chi connectivity index (χ1) is 8.69. The lowest BCUT2D eigenvalue weighted by molar-refractivity contribution is -0.125. The Morgan fingerprint density at radius 2 is 1.95 bits per heavy atom. The van der Waals surface area contributed by atoms with E-state index in [0.29, 0.717) is 13.1 Å². The van der Waals surface area contributed by atoms with Gasteiger partial charge in [0.2, 0.25) is 5.91 Å². The molecule has 5 nitrogen and oxygen atoms in total. The number of nitrogens with zero attached hydrogens (tertiary/aromatic N) is 1. The Hall–Kier alpha value is -1.26. The summed E-state index contributed by atoms with van der Waals surface area (Å²) in [5, 5.41) is 2.98. The first-order valence-corrected chi connectivity index (χ1v) is 6.97. The Balaban J connectivity index is 2.50. The fourth-order valence-corrected chi connectivity index (χ4v) is 1.96. The van der Waals surface area contributed by atoms with Crippen LogP contribution in [0.2, 0.25) is 0 Å². The summed E-state index contributed by atoms with van der Waals surface area (Å²) in [5.41, 5.74) is -0.481. The number of carbonyl (C=O) groups is 2. The van der Waals surface area contributed by atoms with Crippen LogP contribution in [0.1, 0.15) is 47.5 Å². The van der Waals surface area contributed by atoms with Crippen molar-refractivity contribution in [3.63, 3.8) is 0 Å². The van der Waals surface area contributed by atoms with Crippen LogP contribution in [0.4, 0.5) is 4.79 Å². The second kappa shape index (κ2) is 6.26. The topological polar surface area (TPSA) is 58.6 Å². The highest BCUT2D eigenvalue weighted by Gasteiger charge is 2.28. The Labute approximate surface area is 115 Å². The SMILES string of the molecule is CC(C)C(=O)N[C@H]1CCCN(C(=O)OC(C)(C)C)C1. The molecule has 1 heterocycles. The van der Waals surface area contributed by atoms with E-state index in [9.17, 15) is 9.59 Å². The van der Waals surface area contributed by atoms with E-state index in [1.807, 2.05) is 34.6 Å². The summed E-state index contributed by atoms with van der Waals surface area (Å²) in [6, 6.07) is 0.0381. The maximum Gasteiger partial charge on any atom is 0.410 e. The van der Waals surface area contributed by atoms with Crippen molar-refractivity contribution in [2.45, 2.75) is 59.1 Å². The highest BCUT2D eigenvalue weighted by molar-refractivity contribution is 5.78. The fourth-order valence-electron chi connectivity index (χ4n) is 1.96. The second-order valence-corrected chi connectivity index (χ2v) is 6.43. The number of hydrogen-bond acceptors (Lipinski definition) is 3. The lowest BCUT2D eigenvalue weighted by Crippen LogP contribution is -2.51. The largest absolute Gasteiger partial charge is 0.444 e. The molecule has 1 atom stereocenters. The van der Waals surface area contributed by atoms with Crippen LogP contribution in [0, 0.1) is 5.92 Å². The Morgan fingerprint density at radius 3 is 2.47 bits per heavy atom. The van der Waals surface area contributed by atoms with Crippen LogP contribution in [-0.2, 0) is 9.53 Å². The molecule has 1 aliphatic heterocycles. The van der Waals surface area contributed by atoms with Gasteiger partial charge in [0.1, 0.15) is 5.60 Å². The summed E-state index contributed by atoms with van der Waals surface area (Å²) in [6.07, 6.45) is 1.51. The second-order valence-electron chi connectivity index (χ2n) is 6.43. The van der Waals surface area contributed by atoms with Crippen molar-refractivity contribution in [1.82, 2.24) is 10.2 Å². The molecule has 1 rings (SSSR count). The highest BCUT2D eigenvalue weighted by Crippen LogP contribution is 2.15. The normalized spacial score (nSPS) is 20.3. The smallest absolute Gasteiger partial charge is 0.410 e. The third-order valence-corrected chi connectivity index (χ3v) is 2.94. The van der Waals surface area contributed by atoms with Gasteiger partial charge < -0.3 is 15.0 Å². The number of rotatable bonds is 2. The average Bonchev–Trinajstić information content (AvgIpc) is 2.27. The standard InChI is InChI=1S/C14H26N2O3/c1-10(2)12(17)15-11-7-6-8-16(9-11)13(18)19-14(3,4)5/h10-11H,6-9H2,1-5H3,(H,15,17)/t11-/m0/s1. The maximum absolute atomic E-state index is 12.0. The Bertz CT molecular complexity index is 334. The molecule has 1 aliphatic rings. The van der Waals surface area contributed by atoms with Crippen molar-refractivity contribution >= 4 is 12.0 Å². The number of likely N-dealkylation sites (tertiary alicyclic amines) is 1. The third-order valence-electron chi connectivity index (χ3n) is 2.94. The third kappa shape index (κ3) is 5.49. The van der Waals surface area contributed by atoms with E-state index >= 15 is 0 Å². The van der Waals surface area contributed by atoms with Gasteiger partial charge in [0.15, 0.2) is 0 Å². The summed E-state index contributed by atoms with van der Waals surface area (Å²) < 4.78 is 5.35. The molecule has 0 bridgehead atoms. The van der Waals surface area contributed by atoms with Crippen molar-refractivity contribution < 1.29 is 14.3 Å². The molecule has 1 saturated heterocycles. The van der Waals surface area contributed by atoms with Gasteiger partial charge in [-0.3, -0.25) is 4.79 Å². The van der Waals surface area contributed by atoms with E-state index in [1.54, 1.807) is 4.90 Å². The summed E-state index contributed by atoms with van der Waals surface area (Å²) in [5.74, 6) is 0.00735.